The van der Waals surface area contributed by atoms with E-state index >= 15 is 0 Å². The lowest BCUT2D eigenvalue weighted by Gasteiger charge is -2.17. The maximum atomic E-state index is 3.45. The van der Waals surface area contributed by atoms with E-state index in [1.165, 1.54) is 32.2 Å². The van der Waals surface area contributed by atoms with Gasteiger partial charge in [-0.1, -0.05) is 33.1 Å². The molecule has 2 unspecified atom stereocenters. The molecule has 1 fully saturated rings. The minimum atomic E-state index is 0.986. The first-order chi connectivity index (χ1) is 5.38. The van der Waals surface area contributed by atoms with Gasteiger partial charge in [0.1, 0.15) is 0 Å². The summed E-state index contributed by atoms with van der Waals surface area (Å²) in [4.78, 5) is 0. The second-order valence-electron chi connectivity index (χ2n) is 3.67. The van der Waals surface area contributed by atoms with Gasteiger partial charge in [-0.05, 0) is 31.3 Å². The van der Waals surface area contributed by atoms with Crippen molar-refractivity contribution in [2.45, 2.75) is 39.5 Å². The molecule has 0 aromatic carbocycles. The van der Waals surface area contributed by atoms with Gasteiger partial charge in [-0.15, -0.1) is 0 Å². The van der Waals surface area contributed by atoms with E-state index in [1.807, 2.05) is 0 Å². The lowest BCUT2D eigenvalue weighted by molar-refractivity contribution is 0.361. The van der Waals surface area contributed by atoms with Crippen molar-refractivity contribution in [3.63, 3.8) is 0 Å². The average molecular weight is 155 g/mol. The molecule has 1 N–H and O–H groups in total. The van der Waals surface area contributed by atoms with E-state index in [0.29, 0.717) is 0 Å². The highest BCUT2D eigenvalue weighted by Gasteiger charge is 2.24. The van der Waals surface area contributed by atoms with Gasteiger partial charge in [-0.2, -0.15) is 0 Å². The first-order valence-corrected chi connectivity index (χ1v) is 5.09. The molecule has 0 radical (unpaired) electrons. The summed E-state index contributed by atoms with van der Waals surface area (Å²) in [5, 5.41) is 3.45. The van der Waals surface area contributed by atoms with Gasteiger partial charge in [-0.3, -0.25) is 0 Å². The van der Waals surface area contributed by atoms with Gasteiger partial charge in [-0.25, -0.2) is 0 Å². The Labute approximate surface area is 70.6 Å². The summed E-state index contributed by atoms with van der Waals surface area (Å²) < 4.78 is 0. The number of hydrogen-bond acceptors (Lipinski definition) is 1. The Hall–Kier alpha value is -0.0400. The van der Waals surface area contributed by atoms with Crippen molar-refractivity contribution in [1.29, 1.82) is 0 Å². The Morgan fingerprint density at radius 2 is 1.91 bits per heavy atom. The molecule has 0 saturated heterocycles. The predicted octanol–water partition coefficient (Wildman–Crippen LogP) is 2.42. The van der Waals surface area contributed by atoms with Gasteiger partial charge in [0.25, 0.3) is 0 Å². The van der Waals surface area contributed by atoms with Crippen LogP contribution in [0.3, 0.4) is 0 Å². The summed E-state index contributed by atoms with van der Waals surface area (Å²) in [5.41, 5.74) is 0. The van der Waals surface area contributed by atoms with Crippen LogP contribution in [0.4, 0.5) is 0 Å². The molecule has 1 rings (SSSR count). The molecule has 66 valence electrons. The average Bonchev–Trinajstić information content (AvgIpc) is 2.47. The Bertz CT molecular complexity index is 101. The van der Waals surface area contributed by atoms with E-state index in [0.717, 1.165) is 18.4 Å². The van der Waals surface area contributed by atoms with Gasteiger partial charge in [0.05, 0.1) is 0 Å². The topological polar surface area (TPSA) is 12.0 Å². The third kappa shape index (κ3) is 2.48. The normalized spacial score (nSPS) is 31.1. The zero-order chi connectivity index (χ0) is 8.10. The smallest absolute Gasteiger partial charge is 0.00180 e. The summed E-state index contributed by atoms with van der Waals surface area (Å²) >= 11 is 0. The fourth-order valence-corrected chi connectivity index (χ4v) is 2.25. The maximum Gasteiger partial charge on any atom is -0.00180 e. The molecule has 0 aliphatic heterocycles. The number of nitrogens with one attached hydrogen (secondary N) is 1. The van der Waals surface area contributed by atoms with Crippen molar-refractivity contribution in [1.82, 2.24) is 5.32 Å². The second-order valence-corrected chi connectivity index (χ2v) is 3.67. The number of rotatable bonds is 4. The first-order valence-electron chi connectivity index (χ1n) is 5.09. The van der Waals surface area contributed by atoms with Crippen LogP contribution in [0, 0.1) is 11.8 Å². The standard InChI is InChI=1S/C10H21N/c1-3-9-6-5-7-10(9)8-11-4-2/h9-11H,3-8H2,1-2H3. The molecule has 0 spiro atoms. The van der Waals surface area contributed by atoms with Gasteiger partial charge in [0.2, 0.25) is 0 Å². The van der Waals surface area contributed by atoms with E-state index in [-0.39, 0.29) is 0 Å². The van der Waals surface area contributed by atoms with Crippen molar-refractivity contribution in [2.75, 3.05) is 13.1 Å². The molecule has 0 amide bonds. The fraction of sp³-hybridized carbons (Fsp3) is 1.00. The third-order valence-electron chi connectivity index (χ3n) is 3.00. The predicted molar refractivity (Wildman–Crippen MR) is 49.7 cm³/mol. The highest BCUT2D eigenvalue weighted by Crippen LogP contribution is 2.33. The third-order valence-corrected chi connectivity index (χ3v) is 3.00. The largest absolute Gasteiger partial charge is 0.317 e. The molecule has 11 heavy (non-hydrogen) atoms. The lowest BCUT2D eigenvalue weighted by atomic mass is 9.94. The second kappa shape index (κ2) is 4.76. The Balaban J connectivity index is 2.20. The Kier molecular flexibility index (Phi) is 3.92. The SMILES string of the molecule is CCNCC1CCCC1CC. The lowest BCUT2D eigenvalue weighted by Crippen LogP contribution is -2.24. The number of hydrogen-bond donors (Lipinski definition) is 1. The molecule has 1 aliphatic rings. The van der Waals surface area contributed by atoms with E-state index in [9.17, 15) is 0 Å². The van der Waals surface area contributed by atoms with Crippen molar-refractivity contribution in [3.8, 4) is 0 Å². The molecule has 1 heteroatoms. The summed E-state index contributed by atoms with van der Waals surface area (Å²) in [5.74, 6) is 2.01. The fourth-order valence-electron chi connectivity index (χ4n) is 2.25. The Morgan fingerprint density at radius 1 is 1.18 bits per heavy atom. The van der Waals surface area contributed by atoms with Crippen LogP contribution < -0.4 is 5.32 Å². The van der Waals surface area contributed by atoms with Crippen molar-refractivity contribution in [3.05, 3.63) is 0 Å². The van der Waals surface area contributed by atoms with Gasteiger partial charge < -0.3 is 5.32 Å². The molecule has 1 nitrogen and oxygen atoms in total. The van der Waals surface area contributed by atoms with E-state index in [4.69, 9.17) is 0 Å². The van der Waals surface area contributed by atoms with Crippen molar-refractivity contribution >= 4 is 0 Å². The molecular formula is C10H21N. The molecule has 0 bridgehead atoms. The van der Waals surface area contributed by atoms with Crippen molar-refractivity contribution < 1.29 is 0 Å². The molecule has 0 aromatic rings. The Morgan fingerprint density at radius 3 is 2.55 bits per heavy atom. The van der Waals surface area contributed by atoms with Crippen molar-refractivity contribution in [2.24, 2.45) is 11.8 Å². The van der Waals surface area contributed by atoms with Crippen LogP contribution in [0.15, 0.2) is 0 Å². The van der Waals surface area contributed by atoms with Gasteiger partial charge in [0.15, 0.2) is 0 Å². The minimum absolute atomic E-state index is 0.986. The van der Waals surface area contributed by atoms with E-state index < -0.39 is 0 Å². The minimum Gasteiger partial charge on any atom is -0.317 e. The molecule has 1 saturated carbocycles. The summed E-state index contributed by atoms with van der Waals surface area (Å²) in [7, 11) is 0. The van der Waals surface area contributed by atoms with Crippen LogP contribution in [-0.4, -0.2) is 13.1 Å². The highest BCUT2D eigenvalue weighted by atomic mass is 14.8. The van der Waals surface area contributed by atoms with Crippen LogP contribution in [0.5, 0.6) is 0 Å². The molecule has 0 heterocycles. The first kappa shape index (κ1) is 9.05. The summed E-state index contributed by atoms with van der Waals surface area (Å²) in [6.07, 6.45) is 5.79. The monoisotopic (exact) mass is 155 g/mol. The zero-order valence-corrected chi connectivity index (χ0v) is 7.90. The van der Waals surface area contributed by atoms with Gasteiger partial charge in [0, 0.05) is 0 Å². The summed E-state index contributed by atoms with van der Waals surface area (Å²) in [6, 6.07) is 0. The van der Waals surface area contributed by atoms with E-state index in [1.54, 1.807) is 0 Å². The van der Waals surface area contributed by atoms with Crippen LogP contribution in [0.2, 0.25) is 0 Å². The van der Waals surface area contributed by atoms with E-state index in [2.05, 4.69) is 19.2 Å². The van der Waals surface area contributed by atoms with Crippen LogP contribution >= 0.6 is 0 Å². The molecule has 1 aliphatic carbocycles. The van der Waals surface area contributed by atoms with Crippen LogP contribution in [0.1, 0.15) is 39.5 Å². The molecule has 0 aromatic heterocycles. The molecular weight excluding hydrogens is 134 g/mol. The zero-order valence-electron chi connectivity index (χ0n) is 7.90. The highest BCUT2D eigenvalue weighted by molar-refractivity contribution is 4.77. The molecule has 2 atom stereocenters. The summed E-state index contributed by atoms with van der Waals surface area (Å²) in [6.45, 7) is 6.91. The quantitative estimate of drug-likeness (QED) is 0.657. The van der Waals surface area contributed by atoms with Crippen LogP contribution in [-0.2, 0) is 0 Å². The maximum absolute atomic E-state index is 3.45. The van der Waals surface area contributed by atoms with Crippen LogP contribution in [0.25, 0.3) is 0 Å². The van der Waals surface area contributed by atoms with Gasteiger partial charge >= 0.3 is 0 Å².